The predicted octanol–water partition coefficient (Wildman–Crippen LogP) is 5.09. The first-order chi connectivity index (χ1) is 10.9. The minimum Gasteiger partial charge on any atom is -0.298 e. The van der Waals surface area contributed by atoms with Gasteiger partial charge in [-0.15, -0.1) is 6.42 Å². The van der Waals surface area contributed by atoms with E-state index in [-0.39, 0.29) is 11.3 Å². The van der Waals surface area contributed by atoms with Gasteiger partial charge in [0, 0.05) is 5.41 Å². The highest BCUT2D eigenvalue weighted by Gasteiger charge is 2.61. The molecule has 0 N–H and O–H groups in total. The normalized spacial score (nSPS) is 55.5. The first-order valence-corrected chi connectivity index (χ1v) is 9.90. The number of carbonyl (C=O) groups excluding carboxylic acids is 1. The molecule has 4 aliphatic carbocycles. The summed E-state index contributed by atoms with van der Waals surface area (Å²) in [6.45, 7) is 7.28. The summed E-state index contributed by atoms with van der Waals surface area (Å²) in [5, 5.41) is 0. The van der Waals surface area contributed by atoms with Gasteiger partial charge in [-0.2, -0.15) is 0 Å². The molecule has 0 spiro atoms. The summed E-state index contributed by atoms with van der Waals surface area (Å²) in [4.78, 5) is 12.8. The van der Waals surface area contributed by atoms with Gasteiger partial charge in [-0.25, -0.2) is 0 Å². The Morgan fingerprint density at radius 2 is 1.83 bits per heavy atom. The number of carbonyl (C=O) groups is 1. The van der Waals surface area contributed by atoms with Crippen molar-refractivity contribution in [1.82, 2.24) is 0 Å². The maximum Gasteiger partial charge on any atom is 0.153 e. The molecule has 1 heteroatoms. The molecule has 4 aliphatic rings. The van der Waals surface area contributed by atoms with Crippen LogP contribution in [0.25, 0.3) is 0 Å². The van der Waals surface area contributed by atoms with Crippen LogP contribution >= 0.6 is 0 Å². The molecule has 0 aliphatic heterocycles. The number of terminal acetylenes is 1. The third-order valence-corrected chi connectivity index (χ3v) is 8.89. The molecule has 0 amide bonds. The summed E-state index contributed by atoms with van der Waals surface area (Å²) in [5.74, 6) is 7.12. The molecule has 126 valence electrons. The molecule has 8 atom stereocenters. The Labute approximate surface area is 142 Å². The fourth-order valence-corrected chi connectivity index (χ4v) is 7.44. The van der Waals surface area contributed by atoms with Crippen LogP contribution in [0.4, 0.5) is 0 Å². The van der Waals surface area contributed by atoms with Crippen LogP contribution < -0.4 is 0 Å². The molecule has 0 aromatic carbocycles. The van der Waals surface area contributed by atoms with Crippen molar-refractivity contribution < 1.29 is 4.79 Å². The highest BCUT2D eigenvalue weighted by molar-refractivity contribution is 5.91. The Hall–Kier alpha value is -0.770. The SMILES string of the molecule is C#C[C@@H]1C[C@H]2[C@@H]3CC[C@H]4C[C@@H](C)CC[C@]4(C)[C@H]3CC[C@]2(C)C1=O. The second-order valence-corrected chi connectivity index (χ2v) is 9.81. The Balaban J connectivity index is 1.65. The van der Waals surface area contributed by atoms with Crippen molar-refractivity contribution in [1.29, 1.82) is 0 Å². The Bertz CT molecular complexity index is 557. The summed E-state index contributed by atoms with van der Waals surface area (Å²) >= 11 is 0. The van der Waals surface area contributed by atoms with E-state index in [4.69, 9.17) is 6.42 Å². The van der Waals surface area contributed by atoms with E-state index >= 15 is 0 Å². The van der Waals surface area contributed by atoms with E-state index in [0.29, 0.717) is 17.1 Å². The smallest absolute Gasteiger partial charge is 0.153 e. The zero-order chi connectivity index (χ0) is 16.4. The molecule has 0 aromatic rings. The number of fused-ring (bicyclic) bond motifs is 5. The van der Waals surface area contributed by atoms with Crippen LogP contribution in [0.5, 0.6) is 0 Å². The molecule has 4 saturated carbocycles. The van der Waals surface area contributed by atoms with E-state index in [9.17, 15) is 4.79 Å². The highest BCUT2D eigenvalue weighted by atomic mass is 16.1. The van der Waals surface area contributed by atoms with Gasteiger partial charge < -0.3 is 0 Å². The zero-order valence-corrected chi connectivity index (χ0v) is 15.1. The van der Waals surface area contributed by atoms with Crippen molar-refractivity contribution >= 4 is 5.78 Å². The van der Waals surface area contributed by atoms with Gasteiger partial charge in [-0.05, 0) is 80.0 Å². The van der Waals surface area contributed by atoms with Gasteiger partial charge in [-0.1, -0.05) is 33.1 Å². The highest BCUT2D eigenvalue weighted by Crippen LogP contribution is 2.66. The van der Waals surface area contributed by atoms with E-state index in [1.807, 2.05) is 0 Å². The molecule has 1 nitrogen and oxygen atoms in total. The summed E-state index contributed by atoms with van der Waals surface area (Å²) in [6, 6.07) is 0. The fourth-order valence-electron chi connectivity index (χ4n) is 7.44. The van der Waals surface area contributed by atoms with E-state index in [1.54, 1.807) is 0 Å². The van der Waals surface area contributed by atoms with Crippen LogP contribution in [-0.2, 0) is 4.79 Å². The summed E-state index contributed by atoms with van der Waals surface area (Å²) in [6.07, 6.45) is 16.0. The number of hydrogen-bond acceptors (Lipinski definition) is 1. The molecule has 4 rings (SSSR count). The lowest BCUT2D eigenvalue weighted by atomic mass is 9.45. The van der Waals surface area contributed by atoms with Crippen LogP contribution in [0.15, 0.2) is 0 Å². The number of rotatable bonds is 0. The molecule has 0 radical (unpaired) electrons. The van der Waals surface area contributed by atoms with E-state index in [1.165, 1.54) is 38.5 Å². The number of Topliss-reactive ketones (excluding diaryl/α,β-unsaturated/α-hetero) is 1. The van der Waals surface area contributed by atoms with Gasteiger partial charge in [0.1, 0.15) is 0 Å². The second kappa shape index (κ2) is 5.11. The standard InChI is InChI=1S/C22H32O/c1-5-15-13-19-17-7-6-16-12-14(2)8-10-21(16,3)18(17)9-11-22(19,4)20(15)23/h1,14-19H,6-13H2,2-4H3/t14-,15+,16-,17+,18-,19-,21-,22-/m0/s1. The molecule has 0 bridgehead atoms. The summed E-state index contributed by atoms with van der Waals surface area (Å²) < 4.78 is 0. The molecular weight excluding hydrogens is 280 g/mol. The van der Waals surface area contributed by atoms with Crippen molar-refractivity contribution in [3.63, 3.8) is 0 Å². The van der Waals surface area contributed by atoms with E-state index < -0.39 is 0 Å². The fraction of sp³-hybridized carbons (Fsp3) is 0.864. The predicted molar refractivity (Wildman–Crippen MR) is 93.6 cm³/mol. The molecule has 0 aromatic heterocycles. The third-order valence-electron chi connectivity index (χ3n) is 8.89. The van der Waals surface area contributed by atoms with Crippen molar-refractivity contribution in [2.24, 2.45) is 46.3 Å². The maximum absolute atomic E-state index is 12.8. The third kappa shape index (κ3) is 2.03. The monoisotopic (exact) mass is 312 g/mol. The van der Waals surface area contributed by atoms with Gasteiger partial charge >= 0.3 is 0 Å². The van der Waals surface area contributed by atoms with Crippen LogP contribution in [0.2, 0.25) is 0 Å². The van der Waals surface area contributed by atoms with Crippen molar-refractivity contribution in [2.75, 3.05) is 0 Å². The largest absolute Gasteiger partial charge is 0.298 e. The molecule has 23 heavy (non-hydrogen) atoms. The minimum atomic E-state index is -0.108. The average Bonchev–Trinajstić information content (AvgIpc) is 2.79. The lowest BCUT2D eigenvalue weighted by molar-refractivity contribution is -0.140. The summed E-state index contributed by atoms with van der Waals surface area (Å²) in [5.41, 5.74) is 0.428. The van der Waals surface area contributed by atoms with Crippen LogP contribution in [-0.4, -0.2) is 5.78 Å². The Morgan fingerprint density at radius 3 is 2.57 bits per heavy atom. The Morgan fingerprint density at radius 1 is 1.04 bits per heavy atom. The van der Waals surface area contributed by atoms with Gasteiger partial charge in [0.2, 0.25) is 0 Å². The maximum atomic E-state index is 12.8. The Kier molecular flexibility index (Phi) is 3.50. The molecular formula is C22H32O. The van der Waals surface area contributed by atoms with Gasteiger partial charge in [0.05, 0.1) is 5.92 Å². The second-order valence-electron chi connectivity index (χ2n) is 9.81. The van der Waals surface area contributed by atoms with Crippen molar-refractivity contribution in [3.8, 4) is 12.3 Å². The summed E-state index contributed by atoms with van der Waals surface area (Å²) in [7, 11) is 0. The zero-order valence-electron chi connectivity index (χ0n) is 15.1. The quantitative estimate of drug-likeness (QED) is 0.569. The van der Waals surface area contributed by atoms with Gasteiger partial charge in [0.15, 0.2) is 5.78 Å². The lowest BCUT2D eigenvalue weighted by Gasteiger charge is -2.60. The molecule has 0 heterocycles. The number of hydrogen-bond donors (Lipinski definition) is 0. The first-order valence-electron chi connectivity index (χ1n) is 9.90. The van der Waals surface area contributed by atoms with Crippen LogP contribution in [0, 0.1) is 58.7 Å². The van der Waals surface area contributed by atoms with Gasteiger partial charge in [-0.3, -0.25) is 4.79 Å². The van der Waals surface area contributed by atoms with Crippen LogP contribution in [0.3, 0.4) is 0 Å². The topological polar surface area (TPSA) is 17.1 Å². The minimum absolute atomic E-state index is 0.0966. The number of ketones is 1. The lowest BCUT2D eigenvalue weighted by Crippen LogP contribution is -2.53. The molecule has 0 saturated heterocycles. The van der Waals surface area contributed by atoms with Crippen molar-refractivity contribution in [2.45, 2.75) is 72.1 Å². The first kappa shape index (κ1) is 15.7. The molecule has 4 fully saturated rings. The van der Waals surface area contributed by atoms with Crippen molar-refractivity contribution in [3.05, 3.63) is 0 Å². The molecule has 0 unspecified atom stereocenters. The van der Waals surface area contributed by atoms with E-state index in [0.717, 1.165) is 36.5 Å². The average molecular weight is 312 g/mol. The van der Waals surface area contributed by atoms with Crippen LogP contribution in [0.1, 0.15) is 72.1 Å². The van der Waals surface area contributed by atoms with Gasteiger partial charge in [0.25, 0.3) is 0 Å². The van der Waals surface area contributed by atoms with E-state index in [2.05, 4.69) is 26.7 Å².